The van der Waals surface area contributed by atoms with Crippen molar-refractivity contribution >= 4 is 11.8 Å². The van der Waals surface area contributed by atoms with Crippen molar-refractivity contribution in [1.29, 1.82) is 0 Å². The predicted octanol–water partition coefficient (Wildman–Crippen LogP) is 2.59. The van der Waals surface area contributed by atoms with E-state index < -0.39 is 0 Å². The molecule has 2 nitrogen and oxygen atoms in total. The monoisotopic (exact) mass is 213 g/mol. The number of thioether (sulfide) groups is 1. The van der Waals surface area contributed by atoms with Gasteiger partial charge in [0.2, 0.25) is 0 Å². The summed E-state index contributed by atoms with van der Waals surface area (Å²) in [5.41, 5.74) is 3.48. The Morgan fingerprint density at radius 1 is 1.27 bits per heavy atom. The van der Waals surface area contributed by atoms with Gasteiger partial charge < -0.3 is 0 Å². The van der Waals surface area contributed by atoms with Crippen LogP contribution in [0.5, 0.6) is 0 Å². The summed E-state index contributed by atoms with van der Waals surface area (Å²) >= 11 is 1.88. The van der Waals surface area contributed by atoms with Gasteiger partial charge in [0.15, 0.2) is 0 Å². The smallest absolute Gasteiger partial charge is 0.114 e. The van der Waals surface area contributed by atoms with E-state index in [1.165, 1.54) is 16.0 Å². The highest BCUT2D eigenvalue weighted by atomic mass is 32.2. The number of fused-ring (bicyclic) bond motifs is 3. The number of hydrogen-bond donors (Lipinski definition) is 0. The van der Waals surface area contributed by atoms with E-state index in [0.29, 0.717) is 0 Å². The Morgan fingerprint density at radius 3 is 3.20 bits per heavy atom. The minimum Gasteiger partial charge on any atom is -0.150 e. The highest BCUT2D eigenvalue weighted by Gasteiger charge is 2.15. The van der Waals surface area contributed by atoms with Crippen LogP contribution in [-0.4, -0.2) is 16.0 Å². The fourth-order valence-corrected chi connectivity index (χ4v) is 2.83. The second-order valence-corrected chi connectivity index (χ2v) is 4.58. The van der Waals surface area contributed by atoms with E-state index in [1.54, 1.807) is 0 Å². The fourth-order valence-electron chi connectivity index (χ4n) is 1.79. The van der Waals surface area contributed by atoms with Crippen LogP contribution < -0.4 is 0 Å². The number of rotatable bonds is 0. The maximum absolute atomic E-state index is 4.20. The first-order valence-corrected chi connectivity index (χ1v) is 5.88. The molecule has 15 heavy (non-hydrogen) atoms. The highest BCUT2D eigenvalue weighted by Crippen LogP contribution is 2.35. The lowest BCUT2D eigenvalue weighted by Gasteiger charge is -2.04. The van der Waals surface area contributed by atoms with Gasteiger partial charge in [0, 0.05) is 16.2 Å². The summed E-state index contributed by atoms with van der Waals surface area (Å²) in [4.78, 5) is 1.30. The molecule has 0 fully saturated rings. The van der Waals surface area contributed by atoms with Gasteiger partial charge in [-0.2, -0.15) is 0 Å². The van der Waals surface area contributed by atoms with Gasteiger partial charge >= 0.3 is 0 Å². The molecule has 1 aromatic heterocycles. The van der Waals surface area contributed by atoms with Crippen LogP contribution in [0.1, 0.15) is 5.56 Å². The molecule has 0 amide bonds. The normalized spacial score (nSPS) is 13.9. The first-order chi connectivity index (χ1) is 7.45. The average Bonchev–Trinajstić information content (AvgIpc) is 2.48. The lowest BCUT2D eigenvalue weighted by molar-refractivity contribution is 0.989. The zero-order chi connectivity index (χ0) is 10.1. The summed E-state index contributed by atoms with van der Waals surface area (Å²) in [6, 6.07) is 10.3. The zero-order valence-electron chi connectivity index (χ0n) is 8.10. The van der Waals surface area contributed by atoms with E-state index in [2.05, 4.69) is 34.6 Å². The van der Waals surface area contributed by atoms with E-state index in [9.17, 15) is 0 Å². The van der Waals surface area contributed by atoms with Crippen molar-refractivity contribution in [3.05, 3.63) is 42.1 Å². The average molecular weight is 213 g/mol. The first-order valence-electron chi connectivity index (χ1n) is 4.90. The van der Waals surface area contributed by atoms with Crippen molar-refractivity contribution in [2.45, 2.75) is 11.3 Å². The summed E-state index contributed by atoms with van der Waals surface area (Å²) < 4.78 is 0. The molecule has 73 valence electrons. The molecular formula is C12H9N2S. The minimum absolute atomic E-state index is 1.02. The van der Waals surface area contributed by atoms with Gasteiger partial charge in [-0.1, -0.05) is 18.2 Å². The molecular weight excluding hydrogens is 204 g/mol. The summed E-state index contributed by atoms with van der Waals surface area (Å²) in [6.45, 7) is 0. The second-order valence-electron chi connectivity index (χ2n) is 3.44. The van der Waals surface area contributed by atoms with Gasteiger partial charge in [-0.3, -0.25) is 0 Å². The molecule has 0 bridgehead atoms. The van der Waals surface area contributed by atoms with Crippen molar-refractivity contribution in [3.63, 3.8) is 0 Å². The van der Waals surface area contributed by atoms with Crippen molar-refractivity contribution < 1.29 is 0 Å². The van der Waals surface area contributed by atoms with Gasteiger partial charge in [-0.15, -0.1) is 22.0 Å². The van der Waals surface area contributed by atoms with Gasteiger partial charge in [0.05, 0.1) is 5.69 Å². The van der Waals surface area contributed by atoms with Gasteiger partial charge in [-0.05, 0) is 24.1 Å². The lowest BCUT2D eigenvalue weighted by atomic mass is 10.1. The lowest BCUT2D eigenvalue weighted by Crippen LogP contribution is -1.94. The topological polar surface area (TPSA) is 25.8 Å². The molecule has 0 unspecified atom stereocenters. The van der Waals surface area contributed by atoms with Gasteiger partial charge in [-0.25, -0.2) is 0 Å². The minimum atomic E-state index is 1.02. The summed E-state index contributed by atoms with van der Waals surface area (Å²) in [5.74, 6) is 1.10. The molecule has 1 radical (unpaired) electrons. The van der Waals surface area contributed by atoms with Crippen LogP contribution in [0.4, 0.5) is 0 Å². The Balaban J connectivity index is 2.27. The molecule has 1 aromatic carbocycles. The number of aryl methyl sites for hydroxylation is 1. The number of aromatic nitrogens is 2. The van der Waals surface area contributed by atoms with Crippen LogP contribution in [0.25, 0.3) is 11.3 Å². The van der Waals surface area contributed by atoms with Crippen LogP contribution in [0, 0.1) is 6.20 Å². The Morgan fingerprint density at radius 2 is 2.20 bits per heavy atom. The Bertz CT molecular complexity index is 451. The van der Waals surface area contributed by atoms with Crippen LogP contribution in [0.15, 0.2) is 35.2 Å². The maximum Gasteiger partial charge on any atom is 0.114 e. The summed E-state index contributed by atoms with van der Waals surface area (Å²) in [6.07, 6.45) is 3.85. The Labute approximate surface area is 92.7 Å². The third-order valence-electron chi connectivity index (χ3n) is 2.52. The molecule has 0 atom stereocenters. The molecule has 2 heterocycles. The van der Waals surface area contributed by atoms with Crippen LogP contribution in [-0.2, 0) is 6.42 Å². The van der Waals surface area contributed by atoms with Crippen LogP contribution >= 0.6 is 11.8 Å². The molecule has 0 N–H and O–H groups in total. The van der Waals surface area contributed by atoms with Crippen LogP contribution in [0.3, 0.4) is 0 Å². The molecule has 0 spiro atoms. The molecule has 3 rings (SSSR count). The first kappa shape index (κ1) is 8.92. The van der Waals surface area contributed by atoms with E-state index >= 15 is 0 Å². The third-order valence-corrected chi connectivity index (χ3v) is 3.60. The molecule has 3 heteroatoms. The standard InChI is InChI=1S/C12H9N2S/c1-2-4-11-10(3-1)12-9(6-8-15-11)5-7-13-14-12/h1-5H,6,8H2. The molecule has 1 aliphatic heterocycles. The Kier molecular flexibility index (Phi) is 2.18. The maximum atomic E-state index is 4.20. The Hall–Kier alpha value is -1.35. The highest BCUT2D eigenvalue weighted by molar-refractivity contribution is 7.99. The number of nitrogens with zero attached hydrogens (tertiary/aromatic N) is 2. The second kappa shape index (κ2) is 3.66. The summed E-state index contributed by atoms with van der Waals surface area (Å²) in [7, 11) is 0. The van der Waals surface area contributed by atoms with Crippen molar-refractivity contribution in [2.75, 3.05) is 5.75 Å². The van der Waals surface area contributed by atoms with Gasteiger partial charge in [0.1, 0.15) is 6.20 Å². The molecule has 1 aliphatic rings. The third kappa shape index (κ3) is 1.53. The van der Waals surface area contributed by atoms with Gasteiger partial charge in [0.25, 0.3) is 0 Å². The molecule has 0 saturated heterocycles. The predicted molar refractivity (Wildman–Crippen MR) is 60.7 cm³/mol. The van der Waals surface area contributed by atoms with E-state index in [4.69, 9.17) is 0 Å². The van der Waals surface area contributed by atoms with Crippen molar-refractivity contribution in [1.82, 2.24) is 10.2 Å². The van der Waals surface area contributed by atoms with Crippen LogP contribution in [0.2, 0.25) is 0 Å². The SMILES string of the molecule is [c]1cc2c(nn1)-c1ccccc1SCC2. The molecule has 2 aromatic rings. The molecule has 0 saturated carbocycles. The van der Waals surface area contributed by atoms with E-state index in [-0.39, 0.29) is 0 Å². The fraction of sp³-hybridized carbons (Fsp3) is 0.167. The quantitative estimate of drug-likeness (QED) is 0.672. The zero-order valence-corrected chi connectivity index (χ0v) is 8.92. The van der Waals surface area contributed by atoms with Crippen molar-refractivity contribution in [2.24, 2.45) is 0 Å². The number of hydrogen-bond acceptors (Lipinski definition) is 3. The largest absolute Gasteiger partial charge is 0.150 e. The van der Waals surface area contributed by atoms with E-state index in [1.807, 2.05) is 23.9 Å². The molecule has 0 aliphatic carbocycles. The van der Waals surface area contributed by atoms with E-state index in [0.717, 1.165) is 17.9 Å². The van der Waals surface area contributed by atoms with Crippen molar-refractivity contribution in [3.8, 4) is 11.3 Å². The number of benzene rings is 1. The summed E-state index contributed by atoms with van der Waals surface area (Å²) in [5, 5.41) is 8.06.